The van der Waals surface area contributed by atoms with Crippen LogP contribution in [0.3, 0.4) is 0 Å². The molecule has 64 valence electrons. The molecule has 3 nitrogen and oxygen atoms in total. The van der Waals surface area contributed by atoms with Crippen molar-refractivity contribution in [2.75, 3.05) is 0 Å². The molecule has 0 atom stereocenters. The van der Waals surface area contributed by atoms with Crippen molar-refractivity contribution in [2.24, 2.45) is 0 Å². The van der Waals surface area contributed by atoms with Crippen molar-refractivity contribution >= 4 is 11.0 Å². The summed E-state index contributed by atoms with van der Waals surface area (Å²) in [7, 11) is 0. The molecule has 0 spiro atoms. The van der Waals surface area contributed by atoms with Gasteiger partial charge in [-0.2, -0.15) is 5.10 Å². The minimum Gasteiger partial charge on any atom is -0.280 e. The molecule has 2 rings (SSSR count). The van der Waals surface area contributed by atoms with Crippen LogP contribution in [0.5, 0.6) is 0 Å². The molecule has 2 aromatic heterocycles. The van der Waals surface area contributed by atoms with Gasteiger partial charge in [0.1, 0.15) is 0 Å². The second-order valence-corrected chi connectivity index (χ2v) is 2.22. The summed E-state index contributed by atoms with van der Waals surface area (Å²) in [5.41, 5.74) is 1.86. The number of aryl methyl sites for hydroxylation is 1. The Morgan fingerprint density at radius 1 is 1.33 bits per heavy atom. The normalized spacial score (nSPS) is 9.25. The van der Waals surface area contributed by atoms with Gasteiger partial charge in [0, 0.05) is 17.3 Å². The summed E-state index contributed by atoms with van der Waals surface area (Å²) in [4.78, 5) is 4.06. The summed E-state index contributed by atoms with van der Waals surface area (Å²) < 4.78 is 0. The van der Waals surface area contributed by atoms with Crippen molar-refractivity contribution < 1.29 is 0 Å². The molecular weight excluding hydrogens is 150 g/mol. The van der Waals surface area contributed by atoms with E-state index >= 15 is 0 Å². The van der Waals surface area contributed by atoms with E-state index < -0.39 is 0 Å². The van der Waals surface area contributed by atoms with Gasteiger partial charge in [-0.05, 0) is 19.1 Å². The maximum absolute atomic E-state index is 4.06. The lowest BCUT2D eigenvalue weighted by atomic mass is 10.3. The fourth-order valence-electron chi connectivity index (χ4n) is 0.976. The maximum Gasteiger partial charge on any atom is 0.181 e. The molecule has 0 fully saturated rings. The predicted octanol–water partition coefficient (Wildman–Crippen LogP) is 2.29. The smallest absolute Gasteiger partial charge is 0.181 e. The number of nitrogens with zero attached hydrogens (tertiary/aromatic N) is 2. The van der Waals surface area contributed by atoms with E-state index in [4.69, 9.17) is 0 Å². The van der Waals surface area contributed by atoms with Gasteiger partial charge < -0.3 is 0 Å². The van der Waals surface area contributed by atoms with Crippen molar-refractivity contribution in [1.29, 1.82) is 0 Å². The average molecular weight is 163 g/mol. The van der Waals surface area contributed by atoms with Gasteiger partial charge >= 0.3 is 0 Å². The van der Waals surface area contributed by atoms with E-state index in [1.54, 1.807) is 6.20 Å². The van der Waals surface area contributed by atoms with Crippen molar-refractivity contribution in [2.45, 2.75) is 20.8 Å². The number of rotatable bonds is 0. The van der Waals surface area contributed by atoms with E-state index in [0.717, 1.165) is 16.7 Å². The van der Waals surface area contributed by atoms with Gasteiger partial charge in [0.15, 0.2) is 5.65 Å². The van der Waals surface area contributed by atoms with E-state index in [-0.39, 0.29) is 0 Å². The topological polar surface area (TPSA) is 41.6 Å². The van der Waals surface area contributed by atoms with E-state index in [9.17, 15) is 0 Å². The zero-order valence-electron chi connectivity index (χ0n) is 7.63. The number of nitrogens with one attached hydrogen (secondary N) is 1. The van der Waals surface area contributed by atoms with Crippen LogP contribution < -0.4 is 0 Å². The number of fused-ring (bicyclic) bond motifs is 1. The van der Waals surface area contributed by atoms with E-state index in [1.807, 2.05) is 32.9 Å². The van der Waals surface area contributed by atoms with Crippen molar-refractivity contribution in [1.82, 2.24) is 15.2 Å². The Balaban J connectivity index is 0.000000336. The Morgan fingerprint density at radius 3 is 2.75 bits per heavy atom. The lowest BCUT2D eigenvalue weighted by molar-refractivity contribution is 1.05. The van der Waals surface area contributed by atoms with Crippen LogP contribution in [0.2, 0.25) is 0 Å². The molecule has 0 aliphatic heterocycles. The van der Waals surface area contributed by atoms with Gasteiger partial charge in [-0.15, -0.1) is 0 Å². The third kappa shape index (κ3) is 1.44. The Bertz CT molecular complexity index is 351. The van der Waals surface area contributed by atoms with Crippen LogP contribution in [-0.4, -0.2) is 15.2 Å². The number of pyridine rings is 1. The van der Waals surface area contributed by atoms with E-state index in [0.29, 0.717) is 0 Å². The average Bonchev–Trinajstić information content (AvgIpc) is 2.53. The highest BCUT2D eigenvalue weighted by molar-refractivity contribution is 5.76. The first kappa shape index (κ1) is 8.71. The maximum atomic E-state index is 4.06. The lowest BCUT2D eigenvalue weighted by Gasteiger charge is -1.83. The fraction of sp³-hybridized carbons (Fsp3) is 0.333. The van der Waals surface area contributed by atoms with Crippen LogP contribution in [0.1, 0.15) is 19.5 Å². The molecule has 0 amide bonds. The Morgan fingerprint density at radius 2 is 2.08 bits per heavy atom. The van der Waals surface area contributed by atoms with Crippen molar-refractivity contribution in [3.63, 3.8) is 0 Å². The molecule has 0 saturated heterocycles. The molecule has 2 aromatic rings. The Kier molecular flexibility index (Phi) is 2.80. The molecule has 0 saturated carbocycles. The summed E-state index contributed by atoms with van der Waals surface area (Å²) in [6, 6.07) is 3.91. The molecule has 1 N–H and O–H groups in total. The molecule has 0 bridgehead atoms. The van der Waals surface area contributed by atoms with Gasteiger partial charge in [-0.1, -0.05) is 13.8 Å². The minimum absolute atomic E-state index is 0.792. The van der Waals surface area contributed by atoms with Gasteiger partial charge in [-0.3, -0.25) is 5.10 Å². The highest BCUT2D eigenvalue weighted by Gasteiger charge is 1.97. The first-order valence-corrected chi connectivity index (χ1v) is 4.13. The van der Waals surface area contributed by atoms with Crippen molar-refractivity contribution in [3.8, 4) is 0 Å². The fourth-order valence-corrected chi connectivity index (χ4v) is 0.976. The molecule has 0 aromatic carbocycles. The SMILES string of the molecule is CC.Cc1[nH]nc2ncccc12. The first-order chi connectivity index (χ1) is 5.88. The molecule has 12 heavy (non-hydrogen) atoms. The number of hydrogen-bond acceptors (Lipinski definition) is 2. The highest BCUT2D eigenvalue weighted by atomic mass is 15.1. The second-order valence-electron chi connectivity index (χ2n) is 2.22. The summed E-state index contributed by atoms with van der Waals surface area (Å²) in [6.45, 7) is 5.98. The summed E-state index contributed by atoms with van der Waals surface area (Å²) >= 11 is 0. The van der Waals surface area contributed by atoms with E-state index in [2.05, 4.69) is 15.2 Å². The van der Waals surface area contributed by atoms with Crippen LogP contribution in [0.15, 0.2) is 18.3 Å². The van der Waals surface area contributed by atoms with E-state index in [1.165, 1.54) is 0 Å². The second kappa shape index (κ2) is 3.85. The first-order valence-electron chi connectivity index (χ1n) is 4.13. The molecule has 0 aliphatic carbocycles. The Labute approximate surface area is 71.8 Å². The summed E-state index contributed by atoms with van der Waals surface area (Å²) in [6.07, 6.45) is 1.74. The molecular formula is C9H13N3. The minimum atomic E-state index is 0.792. The van der Waals surface area contributed by atoms with Crippen LogP contribution in [-0.2, 0) is 0 Å². The van der Waals surface area contributed by atoms with Crippen LogP contribution in [0, 0.1) is 6.92 Å². The zero-order valence-corrected chi connectivity index (χ0v) is 7.63. The van der Waals surface area contributed by atoms with Gasteiger partial charge in [-0.25, -0.2) is 4.98 Å². The molecule has 3 heteroatoms. The highest BCUT2D eigenvalue weighted by Crippen LogP contribution is 2.09. The molecule has 0 aliphatic rings. The van der Waals surface area contributed by atoms with Gasteiger partial charge in [0.25, 0.3) is 0 Å². The number of aromatic nitrogens is 3. The largest absolute Gasteiger partial charge is 0.280 e. The number of aromatic amines is 1. The standard InChI is InChI=1S/C7H7N3.C2H6/c1-5-6-3-2-4-8-7(6)10-9-5;1-2/h2-4H,1H3,(H,8,9,10);1-2H3. The van der Waals surface area contributed by atoms with Crippen LogP contribution >= 0.6 is 0 Å². The van der Waals surface area contributed by atoms with Crippen LogP contribution in [0.25, 0.3) is 11.0 Å². The molecule has 0 unspecified atom stereocenters. The third-order valence-electron chi connectivity index (χ3n) is 1.52. The quantitative estimate of drug-likeness (QED) is 0.647. The number of H-pyrrole nitrogens is 1. The van der Waals surface area contributed by atoms with Gasteiger partial charge in [0.05, 0.1) is 0 Å². The molecule has 2 heterocycles. The third-order valence-corrected chi connectivity index (χ3v) is 1.52. The Hall–Kier alpha value is -1.38. The van der Waals surface area contributed by atoms with Gasteiger partial charge in [0.2, 0.25) is 0 Å². The van der Waals surface area contributed by atoms with Crippen molar-refractivity contribution in [3.05, 3.63) is 24.0 Å². The summed E-state index contributed by atoms with van der Waals surface area (Å²) in [5, 5.41) is 7.95. The molecule has 0 radical (unpaired) electrons. The van der Waals surface area contributed by atoms with Crippen LogP contribution in [0.4, 0.5) is 0 Å². The summed E-state index contributed by atoms with van der Waals surface area (Å²) in [5.74, 6) is 0. The monoisotopic (exact) mass is 163 g/mol. The zero-order chi connectivity index (χ0) is 8.97. The lowest BCUT2D eigenvalue weighted by Crippen LogP contribution is -1.72. The predicted molar refractivity (Wildman–Crippen MR) is 50.0 cm³/mol. The number of hydrogen-bond donors (Lipinski definition) is 1.